The first-order chi connectivity index (χ1) is 11.6. The molecule has 0 N–H and O–H groups in total. The molecular formula is C24H24. The molecule has 4 aromatic carbocycles. The van der Waals surface area contributed by atoms with Gasteiger partial charge in [-0.25, -0.2) is 0 Å². The fourth-order valence-electron chi connectivity index (χ4n) is 3.96. The van der Waals surface area contributed by atoms with Crippen LogP contribution in [0.1, 0.15) is 50.7 Å². The van der Waals surface area contributed by atoms with E-state index in [4.69, 9.17) is 0 Å². The van der Waals surface area contributed by atoms with Crippen molar-refractivity contribution >= 4 is 32.3 Å². The zero-order valence-electron chi connectivity index (χ0n) is 14.9. The van der Waals surface area contributed by atoms with Crippen molar-refractivity contribution in [2.24, 2.45) is 0 Å². The van der Waals surface area contributed by atoms with Crippen molar-refractivity contribution in [3.8, 4) is 0 Å². The summed E-state index contributed by atoms with van der Waals surface area (Å²) in [4.78, 5) is 0. The number of hydrogen-bond acceptors (Lipinski definition) is 0. The van der Waals surface area contributed by atoms with E-state index in [1.54, 1.807) is 0 Å². The highest BCUT2D eigenvalue weighted by atomic mass is 14.2. The standard InChI is InChI=1S/C24H24/c1-15(2)21-13-17-9-5-8-12-20(17)24-22(16(3)4)14-18-10-6-7-11-19(18)23(21)24/h5-16H,1-4H3. The molecule has 0 spiro atoms. The summed E-state index contributed by atoms with van der Waals surface area (Å²) in [7, 11) is 0. The van der Waals surface area contributed by atoms with Crippen LogP contribution < -0.4 is 0 Å². The molecule has 0 aliphatic carbocycles. The molecule has 0 aliphatic heterocycles. The molecule has 0 atom stereocenters. The molecule has 0 saturated heterocycles. The maximum Gasteiger partial charge on any atom is -0.00614 e. The molecule has 0 nitrogen and oxygen atoms in total. The Morgan fingerprint density at radius 2 is 0.917 bits per heavy atom. The van der Waals surface area contributed by atoms with E-state index in [2.05, 4.69) is 88.4 Å². The van der Waals surface area contributed by atoms with Crippen molar-refractivity contribution in [2.75, 3.05) is 0 Å². The van der Waals surface area contributed by atoms with Gasteiger partial charge < -0.3 is 0 Å². The summed E-state index contributed by atoms with van der Waals surface area (Å²) in [5.74, 6) is 1.01. The molecule has 0 heterocycles. The zero-order chi connectivity index (χ0) is 16.8. The van der Waals surface area contributed by atoms with Crippen molar-refractivity contribution in [1.29, 1.82) is 0 Å². The lowest BCUT2D eigenvalue weighted by atomic mass is 9.84. The van der Waals surface area contributed by atoms with E-state index in [1.165, 1.54) is 43.4 Å². The van der Waals surface area contributed by atoms with Crippen LogP contribution in [0.5, 0.6) is 0 Å². The van der Waals surface area contributed by atoms with Crippen molar-refractivity contribution in [1.82, 2.24) is 0 Å². The smallest absolute Gasteiger partial charge is 0.00614 e. The summed E-state index contributed by atoms with van der Waals surface area (Å²) in [5.41, 5.74) is 2.92. The van der Waals surface area contributed by atoms with Crippen molar-refractivity contribution < 1.29 is 0 Å². The summed E-state index contributed by atoms with van der Waals surface area (Å²) < 4.78 is 0. The lowest BCUT2D eigenvalue weighted by Crippen LogP contribution is -1.97. The Morgan fingerprint density at radius 3 is 1.29 bits per heavy atom. The van der Waals surface area contributed by atoms with Crippen LogP contribution in [0.25, 0.3) is 32.3 Å². The molecule has 0 radical (unpaired) electrons. The lowest BCUT2D eigenvalue weighted by molar-refractivity contribution is 0.871. The van der Waals surface area contributed by atoms with Crippen LogP contribution in [0, 0.1) is 0 Å². The minimum atomic E-state index is 0.503. The van der Waals surface area contributed by atoms with E-state index < -0.39 is 0 Å². The van der Waals surface area contributed by atoms with Gasteiger partial charge in [0.15, 0.2) is 0 Å². The van der Waals surface area contributed by atoms with E-state index >= 15 is 0 Å². The second-order valence-corrected chi connectivity index (χ2v) is 7.43. The first-order valence-corrected chi connectivity index (χ1v) is 8.95. The van der Waals surface area contributed by atoms with Crippen LogP contribution in [0.3, 0.4) is 0 Å². The molecule has 120 valence electrons. The normalized spacial score (nSPS) is 12.1. The minimum absolute atomic E-state index is 0.503. The number of rotatable bonds is 2. The molecule has 4 aromatic rings. The van der Waals surface area contributed by atoms with Gasteiger partial charge in [-0.2, -0.15) is 0 Å². The molecule has 0 unspecified atom stereocenters. The quantitative estimate of drug-likeness (QED) is 0.338. The van der Waals surface area contributed by atoms with Gasteiger partial charge in [-0.1, -0.05) is 88.4 Å². The van der Waals surface area contributed by atoms with E-state index in [9.17, 15) is 0 Å². The molecule has 0 amide bonds. The second-order valence-electron chi connectivity index (χ2n) is 7.43. The third-order valence-electron chi connectivity index (χ3n) is 5.15. The van der Waals surface area contributed by atoms with Crippen molar-refractivity contribution in [3.63, 3.8) is 0 Å². The SMILES string of the molecule is CC(C)c1cc2ccccc2c2c(C(C)C)cc3ccccc3c12. The molecule has 0 bridgehead atoms. The largest absolute Gasteiger partial charge is 0.0616 e. The average Bonchev–Trinajstić information content (AvgIpc) is 2.59. The molecular weight excluding hydrogens is 288 g/mol. The predicted molar refractivity (Wildman–Crippen MR) is 107 cm³/mol. The van der Waals surface area contributed by atoms with Crippen molar-refractivity contribution in [2.45, 2.75) is 39.5 Å². The zero-order valence-corrected chi connectivity index (χ0v) is 14.9. The lowest BCUT2D eigenvalue weighted by Gasteiger charge is -2.20. The monoisotopic (exact) mass is 312 g/mol. The van der Waals surface area contributed by atoms with Gasteiger partial charge >= 0.3 is 0 Å². The number of fused-ring (bicyclic) bond motifs is 5. The van der Waals surface area contributed by atoms with Crippen LogP contribution in [-0.2, 0) is 0 Å². The van der Waals surface area contributed by atoms with Crippen LogP contribution >= 0.6 is 0 Å². The van der Waals surface area contributed by atoms with Gasteiger partial charge in [0.05, 0.1) is 0 Å². The fourth-order valence-corrected chi connectivity index (χ4v) is 3.96. The molecule has 0 saturated carbocycles. The van der Waals surface area contributed by atoms with Crippen molar-refractivity contribution in [3.05, 3.63) is 71.8 Å². The third-order valence-corrected chi connectivity index (χ3v) is 5.15. The number of benzene rings is 4. The topological polar surface area (TPSA) is 0 Å². The minimum Gasteiger partial charge on any atom is -0.0616 e. The van der Waals surface area contributed by atoms with Crippen LogP contribution in [0.4, 0.5) is 0 Å². The Hall–Kier alpha value is -2.34. The van der Waals surface area contributed by atoms with Gasteiger partial charge in [0.1, 0.15) is 0 Å². The maximum absolute atomic E-state index is 2.40. The van der Waals surface area contributed by atoms with E-state index in [-0.39, 0.29) is 0 Å². The fraction of sp³-hybridized carbons (Fsp3) is 0.250. The third kappa shape index (κ3) is 2.21. The highest BCUT2D eigenvalue weighted by Crippen LogP contribution is 2.41. The molecule has 0 aromatic heterocycles. The first-order valence-electron chi connectivity index (χ1n) is 8.95. The van der Waals surface area contributed by atoms with Gasteiger partial charge in [-0.3, -0.25) is 0 Å². The summed E-state index contributed by atoms with van der Waals surface area (Å²) in [6.45, 7) is 9.22. The average molecular weight is 312 g/mol. The summed E-state index contributed by atoms with van der Waals surface area (Å²) in [6, 6.07) is 22.5. The van der Waals surface area contributed by atoms with Gasteiger partial charge in [-0.05, 0) is 55.3 Å². The molecule has 24 heavy (non-hydrogen) atoms. The highest BCUT2D eigenvalue weighted by Gasteiger charge is 2.17. The molecule has 0 heteroatoms. The van der Waals surface area contributed by atoms with E-state index in [0.29, 0.717) is 11.8 Å². The molecule has 0 aliphatic rings. The Kier molecular flexibility index (Phi) is 3.57. The second kappa shape index (κ2) is 5.63. The highest BCUT2D eigenvalue weighted by molar-refractivity contribution is 6.20. The molecule has 0 fully saturated rings. The molecule has 4 rings (SSSR count). The number of hydrogen-bond donors (Lipinski definition) is 0. The predicted octanol–water partition coefficient (Wildman–Crippen LogP) is 7.39. The summed E-state index contributed by atoms with van der Waals surface area (Å²) in [5, 5.41) is 8.37. The first kappa shape index (κ1) is 15.2. The van der Waals surface area contributed by atoms with E-state index in [1.807, 2.05) is 0 Å². The van der Waals surface area contributed by atoms with E-state index in [0.717, 1.165) is 0 Å². The van der Waals surface area contributed by atoms with Crippen LogP contribution in [0.15, 0.2) is 60.7 Å². The maximum atomic E-state index is 2.40. The Morgan fingerprint density at radius 1 is 0.542 bits per heavy atom. The van der Waals surface area contributed by atoms with Gasteiger partial charge in [0.2, 0.25) is 0 Å². The van der Waals surface area contributed by atoms with Crippen LogP contribution in [-0.4, -0.2) is 0 Å². The van der Waals surface area contributed by atoms with Gasteiger partial charge in [-0.15, -0.1) is 0 Å². The summed E-state index contributed by atoms with van der Waals surface area (Å²) in [6.07, 6.45) is 0. The Bertz CT molecular complexity index is 965. The van der Waals surface area contributed by atoms with Crippen LogP contribution in [0.2, 0.25) is 0 Å². The van der Waals surface area contributed by atoms with Gasteiger partial charge in [0.25, 0.3) is 0 Å². The summed E-state index contributed by atoms with van der Waals surface area (Å²) >= 11 is 0. The van der Waals surface area contributed by atoms with Gasteiger partial charge in [0, 0.05) is 0 Å². The Labute approximate surface area is 144 Å². The Balaban J connectivity index is 2.38.